The molecule has 6 atom stereocenters. The maximum Gasteiger partial charge on any atom is 0.373 e. The fraction of sp³-hybridized carbons (Fsp3) is 0.692. The van der Waals surface area contributed by atoms with Crippen LogP contribution in [0.1, 0.15) is 72.1 Å². The quantitative estimate of drug-likeness (QED) is 0.498. The third kappa shape index (κ3) is 3.53. The van der Waals surface area contributed by atoms with Crippen molar-refractivity contribution in [2.75, 3.05) is 6.61 Å². The van der Waals surface area contributed by atoms with E-state index in [1.165, 1.54) is 5.57 Å². The zero-order valence-electron chi connectivity index (χ0n) is 20.2. The first-order valence-electron chi connectivity index (χ1n) is 12.4. The summed E-state index contributed by atoms with van der Waals surface area (Å²) in [6.07, 6.45) is 12.6. The standard InChI is InChI=1S/C26H34N2O6/c1-24-11-8-17(27-33-15-23(31)34-28-21(29)6-7-22(28)30)14-16(24)4-5-18-19(24)9-12-25(2)20(18)10-13-26(25,3)32/h8,11,14,18-20,32H,4-7,9-10,12-13,15H2,1-3H3/b27-17+/t18-,19+,20+,24+,25+,26+/m1/s1. The van der Waals surface area contributed by atoms with Crippen molar-refractivity contribution < 1.29 is 29.2 Å². The first-order chi connectivity index (χ1) is 16.0. The molecule has 5 aliphatic rings. The van der Waals surface area contributed by atoms with Crippen molar-refractivity contribution in [2.45, 2.75) is 77.7 Å². The molecule has 1 N–H and O–H groups in total. The van der Waals surface area contributed by atoms with Crippen LogP contribution in [0.15, 0.2) is 29.0 Å². The average molecular weight is 471 g/mol. The number of allylic oxidation sites excluding steroid dienone is 4. The van der Waals surface area contributed by atoms with Gasteiger partial charge in [0.05, 0.1) is 5.60 Å². The van der Waals surface area contributed by atoms with E-state index in [1.807, 2.05) is 13.0 Å². The third-order valence-corrected chi connectivity index (χ3v) is 9.68. The lowest BCUT2D eigenvalue weighted by Crippen LogP contribution is -2.53. The minimum atomic E-state index is -0.844. The molecule has 4 fully saturated rings. The van der Waals surface area contributed by atoms with E-state index in [2.05, 4.69) is 31.2 Å². The molecular weight excluding hydrogens is 436 g/mol. The summed E-state index contributed by atoms with van der Waals surface area (Å²) in [6.45, 7) is 6.16. The van der Waals surface area contributed by atoms with Crippen molar-refractivity contribution >= 4 is 23.5 Å². The monoisotopic (exact) mass is 470 g/mol. The average Bonchev–Trinajstić information content (AvgIpc) is 3.23. The number of hydrogen-bond acceptors (Lipinski definition) is 7. The Labute approximate surface area is 200 Å². The summed E-state index contributed by atoms with van der Waals surface area (Å²) < 4.78 is 0. The molecule has 0 bridgehead atoms. The highest BCUT2D eigenvalue weighted by Crippen LogP contribution is 2.66. The molecule has 1 aliphatic heterocycles. The van der Waals surface area contributed by atoms with Crippen LogP contribution in [0.2, 0.25) is 0 Å². The van der Waals surface area contributed by atoms with Gasteiger partial charge >= 0.3 is 5.97 Å². The van der Waals surface area contributed by atoms with Crippen molar-refractivity contribution in [3.8, 4) is 0 Å². The molecule has 0 aromatic rings. The van der Waals surface area contributed by atoms with Gasteiger partial charge in [0.25, 0.3) is 11.8 Å². The van der Waals surface area contributed by atoms with Crippen LogP contribution in [0.5, 0.6) is 0 Å². The van der Waals surface area contributed by atoms with Crippen LogP contribution in [0.25, 0.3) is 0 Å². The van der Waals surface area contributed by atoms with E-state index in [1.54, 1.807) is 0 Å². The molecule has 0 radical (unpaired) electrons. The van der Waals surface area contributed by atoms with Crippen LogP contribution in [-0.4, -0.2) is 45.9 Å². The zero-order chi connectivity index (χ0) is 24.3. The molecule has 0 spiro atoms. The molecule has 0 aromatic heterocycles. The van der Waals surface area contributed by atoms with E-state index in [9.17, 15) is 19.5 Å². The van der Waals surface area contributed by atoms with Crippen LogP contribution in [-0.2, 0) is 24.1 Å². The Morgan fingerprint density at radius 1 is 1.09 bits per heavy atom. The Bertz CT molecular complexity index is 997. The summed E-state index contributed by atoms with van der Waals surface area (Å²) in [5.41, 5.74) is 1.37. The van der Waals surface area contributed by atoms with Crippen LogP contribution in [0.3, 0.4) is 0 Å². The summed E-state index contributed by atoms with van der Waals surface area (Å²) in [6, 6.07) is 0. The highest BCUT2D eigenvalue weighted by atomic mass is 16.7. The lowest BCUT2D eigenvalue weighted by molar-refractivity contribution is -0.200. The van der Waals surface area contributed by atoms with Gasteiger partial charge in [0.1, 0.15) is 5.71 Å². The number of rotatable bonds is 4. The number of aliphatic hydroxyl groups is 1. The number of fused-ring (bicyclic) bond motifs is 5. The number of oxime groups is 1. The van der Waals surface area contributed by atoms with Crippen LogP contribution in [0, 0.1) is 28.6 Å². The molecule has 34 heavy (non-hydrogen) atoms. The maximum absolute atomic E-state index is 11.9. The second-order valence-electron chi connectivity index (χ2n) is 11.3. The minimum Gasteiger partial charge on any atom is -0.390 e. The second-order valence-corrected chi connectivity index (χ2v) is 11.3. The van der Waals surface area contributed by atoms with Gasteiger partial charge in [-0.15, -0.1) is 5.06 Å². The molecule has 184 valence electrons. The number of hydroxylamine groups is 2. The smallest absolute Gasteiger partial charge is 0.373 e. The number of nitrogens with zero attached hydrogens (tertiary/aromatic N) is 2. The molecule has 1 heterocycles. The van der Waals surface area contributed by atoms with Gasteiger partial charge in [-0.05, 0) is 80.8 Å². The number of amides is 2. The summed E-state index contributed by atoms with van der Waals surface area (Å²) in [5.74, 6) is -0.175. The third-order valence-electron chi connectivity index (χ3n) is 9.68. The Balaban J connectivity index is 1.23. The Morgan fingerprint density at radius 3 is 2.53 bits per heavy atom. The molecule has 2 amide bonds. The number of carbonyl (C=O) groups is 3. The van der Waals surface area contributed by atoms with E-state index in [-0.39, 0.29) is 23.7 Å². The second kappa shape index (κ2) is 8.04. The summed E-state index contributed by atoms with van der Waals surface area (Å²) in [5, 5.41) is 15.7. The van der Waals surface area contributed by atoms with Crippen molar-refractivity contribution in [1.82, 2.24) is 5.06 Å². The fourth-order valence-corrected chi connectivity index (χ4v) is 7.45. The molecule has 8 nitrogen and oxygen atoms in total. The lowest BCUT2D eigenvalue weighted by atomic mass is 9.47. The highest BCUT2D eigenvalue weighted by molar-refractivity contribution is 6.05. The Morgan fingerprint density at radius 2 is 1.79 bits per heavy atom. The topological polar surface area (TPSA) is 106 Å². The van der Waals surface area contributed by atoms with Gasteiger partial charge in [0, 0.05) is 18.3 Å². The molecule has 8 heteroatoms. The molecule has 1 saturated heterocycles. The van der Waals surface area contributed by atoms with E-state index >= 15 is 0 Å². The van der Waals surface area contributed by atoms with E-state index < -0.39 is 30.0 Å². The SMILES string of the molecule is C[C@]12C=C/C(=N\OCC(=O)ON3C(=O)CCC3=O)C=C1CC[C@@H]1[C@@H]2CC[C@@]2(C)[C@H]1CC[C@]2(C)O. The predicted molar refractivity (Wildman–Crippen MR) is 123 cm³/mol. The van der Waals surface area contributed by atoms with Crippen molar-refractivity contribution in [2.24, 2.45) is 33.7 Å². The van der Waals surface area contributed by atoms with Crippen molar-refractivity contribution in [3.63, 3.8) is 0 Å². The zero-order valence-corrected chi connectivity index (χ0v) is 20.2. The summed E-state index contributed by atoms with van der Waals surface area (Å²) >= 11 is 0. The van der Waals surface area contributed by atoms with Gasteiger partial charge in [0.15, 0.2) is 0 Å². The van der Waals surface area contributed by atoms with E-state index in [4.69, 9.17) is 9.68 Å². The van der Waals surface area contributed by atoms with Gasteiger partial charge in [-0.25, -0.2) is 4.79 Å². The number of hydrogen-bond donors (Lipinski definition) is 1. The molecule has 4 aliphatic carbocycles. The first kappa shape index (κ1) is 23.3. The summed E-state index contributed by atoms with van der Waals surface area (Å²) in [4.78, 5) is 45.0. The van der Waals surface area contributed by atoms with Crippen LogP contribution < -0.4 is 0 Å². The van der Waals surface area contributed by atoms with E-state index in [0.717, 1.165) is 38.5 Å². The molecule has 5 rings (SSSR count). The molecular formula is C26H34N2O6. The Kier molecular flexibility index (Phi) is 5.50. The van der Waals surface area contributed by atoms with Gasteiger partial charge in [0.2, 0.25) is 6.61 Å². The molecule has 3 saturated carbocycles. The summed E-state index contributed by atoms with van der Waals surface area (Å²) in [7, 11) is 0. The van der Waals surface area contributed by atoms with Gasteiger partial charge in [-0.3, -0.25) is 9.59 Å². The minimum absolute atomic E-state index is 0.00346. The van der Waals surface area contributed by atoms with Gasteiger partial charge in [-0.1, -0.05) is 30.7 Å². The predicted octanol–water partition coefficient (Wildman–Crippen LogP) is 3.46. The fourth-order valence-electron chi connectivity index (χ4n) is 7.45. The maximum atomic E-state index is 11.9. The molecule has 0 unspecified atom stereocenters. The van der Waals surface area contributed by atoms with Gasteiger partial charge in [-0.2, -0.15) is 0 Å². The molecule has 0 aromatic carbocycles. The van der Waals surface area contributed by atoms with Crippen molar-refractivity contribution in [3.05, 3.63) is 23.8 Å². The number of carbonyl (C=O) groups excluding carboxylic acids is 3. The first-order valence-corrected chi connectivity index (χ1v) is 12.4. The van der Waals surface area contributed by atoms with E-state index in [0.29, 0.717) is 28.5 Å². The van der Waals surface area contributed by atoms with Crippen LogP contribution >= 0.6 is 0 Å². The lowest BCUT2D eigenvalue weighted by Gasteiger charge is -2.58. The largest absolute Gasteiger partial charge is 0.390 e. The van der Waals surface area contributed by atoms with Crippen molar-refractivity contribution in [1.29, 1.82) is 0 Å². The van der Waals surface area contributed by atoms with Gasteiger partial charge < -0.3 is 14.8 Å². The normalized spacial score (nSPS) is 42.2. The Hall–Kier alpha value is -2.48. The number of imide groups is 1. The highest BCUT2D eigenvalue weighted by Gasteiger charge is 2.62. The van der Waals surface area contributed by atoms with Crippen LogP contribution in [0.4, 0.5) is 0 Å².